The lowest BCUT2D eigenvalue weighted by Gasteiger charge is -2.16. The normalized spacial score (nSPS) is 11.8. The molecule has 4 heteroatoms. The van der Waals surface area contributed by atoms with E-state index in [0.717, 1.165) is 10.5 Å². The molecule has 24 heavy (non-hydrogen) atoms. The predicted octanol–water partition coefficient (Wildman–Crippen LogP) is 3.71. The van der Waals surface area contributed by atoms with Crippen LogP contribution in [-0.4, -0.2) is 23.5 Å². The number of aryl methyl sites for hydroxylation is 2. The maximum absolute atomic E-state index is 12.2. The predicted molar refractivity (Wildman–Crippen MR) is 99.4 cm³/mol. The van der Waals surface area contributed by atoms with Crippen LogP contribution >= 0.6 is 11.8 Å². The van der Waals surface area contributed by atoms with Gasteiger partial charge in [-0.3, -0.25) is 9.59 Å². The van der Waals surface area contributed by atoms with Gasteiger partial charge >= 0.3 is 0 Å². The van der Waals surface area contributed by atoms with Gasteiger partial charge in [0.05, 0.1) is 11.8 Å². The molecule has 1 amide bonds. The molecule has 0 saturated heterocycles. The molecule has 1 N–H and O–H groups in total. The highest BCUT2D eigenvalue weighted by atomic mass is 32.2. The van der Waals surface area contributed by atoms with Crippen LogP contribution in [0.2, 0.25) is 0 Å². The topological polar surface area (TPSA) is 46.2 Å². The minimum atomic E-state index is -0.472. The van der Waals surface area contributed by atoms with Crippen LogP contribution in [0.1, 0.15) is 23.6 Å². The van der Waals surface area contributed by atoms with Gasteiger partial charge in [0.2, 0.25) is 5.91 Å². The highest BCUT2D eigenvalue weighted by Crippen LogP contribution is 2.20. The van der Waals surface area contributed by atoms with Gasteiger partial charge in [-0.05, 0) is 56.0 Å². The Hall–Kier alpha value is -2.07. The fourth-order valence-electron chi connectivity index (χ4n) is 2.33. The van der Waals surface area contributed by atoms with E-state index < -0.39 is 6.04 Å². The summed E-state index contributed by atoms with van der Waals surface area (Å²) in [6, 6.07) is 15.4. The van der Waals surface area contributed by atoms with Crippen molar-refractivity contribution in [3.05, 3.63) is 65.2 Å². The number of benzene rings is 2. The number of ketones is 1. The monoisotopic (exact) mass is 341 g/mol. The first-order valence-corrected chi connectivity index (χ1v) is 8.98. The van der Waals surface area contributed by atoms with Crippen LogP contribution in [0.25, 0.3) is 0 Å². The van der Waals surface area contributed by atoms with Gasteiger partial charge in [0, 0.05) is 4.90 Å². The third-order valence-corrected chi connectivity index (χ3v) is 4.95. The SMILES string of the molecule is CC(=O)[C@H](Cc1ccccc1)NC(=O)CSc1ccc(C)c(C)c1. The van der Waals surface area contributed by atoms with E-state index in [1.807, 2.05) is 36.4 Å². The number of carbonyl (C=O) groups excluding carboxylic acids is 2. The molecule has 1 atom stereocenters. The van der Waals surface area contributed by atoms with Gasteiger partial charge < -0.3 is 5.32 Å². The van der Waals surface area contributed by atoms with Crippen LogP contribution in [-0.2, 0) is 16.0 Å². The summed E-state index contributed by atoms with van der Waals surface area (Å²) in [5.41, 5.74) is 3.49. The number of Topliss-reactive ketones (excluding diaryl/α,β-unsaturated/α-hetero) is 1. The number of carbonyl (C=O) groups is 2. The fourth-order valence-corrected chi connectivity index (χ4v) is 3.14. The van der Waals surface area contributed by atoms with E-state index in [-0.39, 0.29) is 11.7 Å². The lowest BCUT2D eigenvalue weighted by molar-refractivity contribution is -0.125. The Morgan fingerprint density at radius 3 is 2.38 bits per heavy atom. The highest BCUT2D eigenvalue weighted by molar-refractivity contribution is 8.00. The molecular formula is C20H23NO2S. The maximum Gasteiger partial charge on any atom is 0.230 e. The first-order chi connectivity index (χ1) is 11.5. The average Bonchev–Trinajstić information content (AvgIpc) is 2.56. The number of rotatable bonds is 7. The molecule has 0 fully saturated rings. The van der Waals surface area contributed by atoms with Crippen LogP contribution < -0.4 is 5.32 Å². The van der Waals surface area contributed by atoms with Crippen LogP contribution in [0.5, 0.6) is 0 Å². The molecule has 0 unspecified atom stereocenters. The Kier molecular flexibility index (Phi) is 6.62. The molecule has 3 nitrogen and oxygen atoms in total. The van der Waals surface area contributed by atoms with Crippen molar-refractivity contribution in [2.24, 2.45) is 0 Å². The van der Waals surface area contributed by atoms with Gasteiger partial charge in [0.25, 0.3) is 0 Å². The van der Waals surface area contributed by atoms with Gasteiger partial charge in [-0.2, -0.15) is 0 Å². The van der Waals surface area contributed by atoms with Crippen molar-refractivity contribution in [2.75, 3.05) is 5.75 Å². The molecule has 2 aromatic rings. The second-order valence-electron chi connectivity index (χ2n) is 5.96. The van der Waals surface area contributed by atoms with Gasteiger partial charge in [0.1, 0.15) is 0 Å². The largest absolute Gasteiger partial charge is 0.345 e. The van der Waals surface area contributed by atoms with Crippen molar-refractivity contribution in [3.8, 4) is 0 Å². The summed E-state index contributed by atoms with van der Waals surface area (Å²) in [5.74, 6) is 0.166. The molecule has 0 bridgehead atoms. The number of thioether (sulfide) groups is 1. The Labute approximate surface area is 147 Å². The van der Waals surface area contributed by atoms with Gasteiger partial charge in [-0.1, -0.05) is 36.4 Å². The zero-order valence-corrected chi connectivity index (χ0v) is 15.2. The molecule has 0 aliphatic rings. The van der Waals surface area contributed by atoms with Crippen LogP contribution in [0.3, 0.4) is 0 Å². The first kappa shape index (κ1) is 18.3. The Bertz CT molecular complexity index is 713. The van der Waals surface area contributed by atoms with E-state index >= 15 is 0 Å². The minimum absolute atomic E-state index is 0.0246. The Morgan fingerprint density at radius 2 is 1.75 bits per heavy atom. The molecule has 0 aromatic heterocycles. The minimum Gasteiger partial charge on any atom is -0.345 e. The molecule has 0 aliphatic carbocycles. The number of amides is 1. The third-order valence-electron chi connectivity index (χ3n) is 3.96. The summed E-state index contributed by atoms with van der Waals surface area (Å²) in [7, 11) is 0. The molecule has 0 spiro atoms. The van der Waals surface area contributed by atoms with Crippen molar-refractivity contribution in [1.29, 1.82) is 0 Å². The van der Waals surface area contributed by atoms with E-state index in [4.69, 9.17) is 0 Å². The highest BCUT2D eigenvalue weighted by Gasteiger charge is 2.17. The number of nitrogens with one attached hydrogen (secondary N) is 1. The lowest BCUT2D eigenvalue weighted by atomic mass is 10.0. The molecule has 2 aromatic carbocycles. The number of hydrogen-bond acceptors (Lipinski definition) is 3. The average molecular weight is 341 g/mol. The second kappa shape index (κ2) is 8.69. The standard InChI is InChI=1S/C20H23NO2S/c1-14-9-10-18(11-15(14)2)24-13-20(23)21-19(16(3)22)12-17-7-5-4-6-8-17/h4-11,19H,12-13H2,1-3H3,(H,21,23)/t19-/m0/s1. The van der Waals surface area contributed by atoms with Crippen LogP contribution in [0, 0.1) is 13.8 Å². The fraction of sp³-hybridized carbons (Fsp3) is 0.300. The second-order valence-corrected chi connectivity index (χ2v) is 7.00. The van der Waals surface area contributed by atoms with Crippen LogP contribution in [0.15, 0.2) is 53.4 Å². The van der Waals surface area contributed by atoms with Gasteiger partial charge in [-0.25, -0.2) is 0 Å². The van der Waals surface area contributed by atoms with E-state index in [9.17, 15) is 9.59 Å². The molecule has 0 heterocycles. The van der Waals surface area contributed by atoms with Crippen molar-refractivity contribution < 1.29 is 9.59 Å². The smallest absolute Gasteiger partial charge is 0.230 e. The van der Waals surface area contributed by atoms with Gasteiger partial charge in [-0.15, -0.1) is 11.8 Å². The van der Waals surface area contributed by atoms with Gasteiger partial charge in [0.15, 0.2) is 5.78 Å². The molecule has 0 radical (unpaired) electrons. The summed E-state index contributed by atoms with van der Waals surface area (Å²) in [6.07, 6.45) is 0.524. The summed E-state index contributed by atoms with van der Waals surface area (Å²) in [4.78, 5) is 25.1. The summed E-state index contributed by atoms with van der Waals surface area (Å²) >= 11 is 1.49. The molecule has 2 rings (SSSR count). The first-order valence-electron chi connectivity index (χ1n) is 7.99. The molecular weight excluding hydrogens is 318 g/mol. The summed E-state index contributed by atoms with van der Waals surface area (Å²) in [5, 5.41) is 2.85. The summed E-state index contributed by atoms with van der Waals surface area (Å²) < 4.78 is 0. The van der Waals surface area contributed by atoms with Crippen LogP contribution in [0.4, 0.5) is 0 Å². The number of hydrogen-bond donors (Lipinski definition) is 1. The zero-order chi connectivity index (χ0) is 17.5. The van der Waals surface area contributed by atoms with Crippen molar-refractivity contribution >= 4 is 23.5 Å². The Morgan fingerprint density at radius 1 is 1.04 bits per heavy atom. The van der Waals surface area contributed by atoms with Crippen molar-refractivity contribution in [1.82, 2.24) is 5.32 Å². The zero-order valence-electron chi connectivity index (χ0n) is 14.3. The third kappa shape index (κ3) is 5.53. The Balaban J connectivity index is 1.90. The van der Waals surface area contributed by atoms with E-state index in [1.165, 1.54) is 29.8 Å². The quantitative estimate of drug-likeness (QED) is 0.781. The van der Waals surface area contributed by atoms with E-state index in [1.54, 1.807) is 0 Å². The van der Waals surface area contributed by atoms with E-state index in [0.29, 0.717) is 12.2 Å². The summed E-state index contributed by atoms with van der Waals surface area (Å²) in [6.45, 7) is 5.65. The molecule has 0 saturated carbocycles. The molecule has 126 valence electrons. The lowest BCUT2D eigenvalue weighted by Crippen LogP contribution is -2.42. The maximum atomic E-state index is 12.2. The molecule has 0 aliphatic heterocycles. The van der Waals surface area contributed by atoms with E-state index in [2.05, 4.69) is 31.3 Å². The van der Waals surface area contributed by atoms with Crippen molar-refractivity contribution in [3.63, 3.8) is 0 Å². The van der Waals surface area contributed by atoms with Crippen molar-refractivity contribution in [2.45, 2.75) is 38.1 Å².